The molecule has 1 amide bonds. The lowest BCUT2D eigenvalue weighted by Crippen LogP contribution is -2.36. The molecule has 0 radical (unpaired) electrons. The molecule has 1 aromatic carbocycles. The van der Waals surface area contributed by atoms with Gasteiger partial charge in [0, 0.05) is 31.7 Å². The number of benzene rings is 1. The molecule has 4 heteroatoms. The summed E-state index contributed by atoms with van der Waals surface area (Å²) in [6.45, 7) is 11.1. The van der Waals surface area contributed by atoms with Gasteiger partial charge in [0.05, 0.1) is 5.69 Å². The van der Waals surface area contributed by atoms with Crippen LogP contribution in [0.1, 0.15) is 48.3 Å². The van der Waals surface area contributed by atoms with E-state index in [4.69, 9.17) is 0 Å². The van der Waals surface area contributed by atoms with Gasteiger partial charge in [-0.2, -0.15) is 5.10 Å². The van der Waals surface area contributed by atoms with E-state index in [-0.39, 0.29) is 5.91 Å². The van der Waals surface area contributed by atoms with Gasteiger partial charge in [-0.15, -0.1) is 0 Å². The Kier molecular flexibility index (Phi) is 5.26. The second kappa shape index (κ2) is 7.42. The molecule has 25 heavy (non-hydrogen) atoms. The van der Waals surface area contributed by atoms with Crippen molar-refractivity contribution in [2.75, 3.05) is 6.54 Å². The lowest BCUT2D eigenvalue weighted by atomic mass is 9.99. The number of rotatable bonds is 5. The summed E-state index contributed by atoms with van der Waals surface area (Å²) in [6, 6.07) is 8.45. The van der Waals surface area contributed by atoms with Crippen LogP contribution in [0.25, 0.3) is 0 Å². The molecular formula is C21H29N3O. The van der Waals surface area contributed by atoms with Crippen LogP contribution in [-0.2, 0) is 30.7 Å². The number of aromatic nitrogens is 2. The molecule has 0 saturated carbocycles. The van der Waals surface area contributed by atoms with Crippen molar-refractivity contribution in [1.29, 1.82) is 0 Å². The van der Waals surface area contributed by atoms with Crippen molar-refractivity contribution < 1.29 is 4.79 Å². The average Bonchev–Trinajstić information content (AvgIpc) is 2.85. The smallest absolute Gasteiger partial charge is 0.223 e. The summed E-state index contributed by atoms with van der Waals surface area (Å²) >= 11 is 0. The number of fused-ring (bicyclic) bond motifs is 1. The highest BCUT2D eigenvalue weighted by molar-refractivity contribution is 5.77. The number of carbonyl (C=O) groups excluding carboxylic acids is 1. The number of carbonyl (C=O) groups is 1. The minimum atomic E-state index is 0.255. The fourth-order valence-corrected chi connectivity index (χ4v) is 3.72. The summed E-state index contributed by atoms with van der Waals surface area (Å²) < 4.78 is 2.09. The summed E-state index contributed by atoms with van der Waals surface area (Å²) in [5.74, 6) is 0.825. The first-order valence-electron chi connectivity index (χ1n) is 9.33. The Morgan fingerprint density at radius 3 is 2.64 bits per heavy atom. The Balaban J connectivity index is 1.63. The van der Waals surface area contributed by atoms with Crippen LogP contribution in [0.4, 0.5) is 0 Å². The minimum Gasteiger partial charge on any atom is -0.338 e. The Bertz CT molecular complexity index is 760. The molecule has 3 rings (SSSR count). The Morgan fingerprint density at radius 1 is 1.20 bits per heavy atom. The zero-order valence-corrected chi connectivity index (χ0v) is 15.9. The van der Waals surface area contributed by atoms with E-state index in [0.717, 1.165) is 38.2 Å². The van der Waals surface area contributed by atoms with Gasteiger partial charge in [0.25, 0.3) is 0 Å². The maximum absolute atomic E-state index is 12.7. The lowest BCUT2D eigenvalue weighted by molar-refractivity contribution is -0.132. The fraction of sp³-hybridized carbons (Fsp3) is 0.524. The number of amides is 1. The predicted octanol–water partition coefficient (Wildman–Crippen LogP) is 3.67. The van der Waals surface area contributed by atoms with Crippen molar-refractivity contribution in [3.05, 3.63) is 52.3 Å². The number of nitrogens with zero attached hydrogens (tertiary/aromatic N) is 3. The summed E-state index contributed by atoms with van der Waals surface area (Å²) in [7, 11) is 0. The largest absolute Gasteiger partial charge is 0.338 e. The highest BCUT2D eigenvalue weighted by atomic mass is 16.2. The van der Waals surface area contributed by atoms with E-state index in [0.29, 0.717) is 12.3 Å². The van der Waals surface area contributed by atoms with E-state index >= 15 is 0 Å². The van der Waals surface area contributed by atoms with Crippen LogP contribution < -0.4 is 0 Å². The highest BCUT2D eigenvalue weighted by Gasteiger charge is 2.21. The van der Waals surface area contributed by atoms with E-state index in [1.165, 1.54) is 22.4 Å². The van der Waals surface area contributed by atoms with Crippen molar-refractivity contribution in [3.8, 4) is 0 Å². The van der Waals surface area contributed by atoms with E-state index in [1.807, 2.05) is 4.90 Å². The molecule has 1 aliphatic heterocycles. The molecule has 0 spiro atoms. The fourth-order valence-electron chi connectivity index (χ4n) is 3.72. The highest BCUT2D eigenvalue weighted by Crippen LogP contribution is 2.21. The third-order valence-electron chi connectivity index (χ3n) is 5.14. The van der Waals surface area contributed by atoms with E-state index in [1.54, 1.807) is 0 Å². The zero-order valence-electron chi connectivity index (χ0n) is 15.9. The van der Waals surface area contributed by atoms with Gasteiger partial charge in [-0.3, -0.25) is 9.48 Å². The van der Waals surface area contributed by atoms with Crippen LogP contribution >= 0.6 is 0 Å². The molecule has 0 fully saturated rings. The van der Waals surface area contributed by atoms with Crippen molar-refractivity contribution in [1.82, 2.24) is 14.7 Å². The van der Waals surface area contributed by atoms with Crippen molar-refractivity contribution in [2.24, 2.45) is 5.92 Å². The van der Waals surface area contributed by atoms with Crippen molar-refractivity contribution in [3.63, 3.8) is 0 Å². The molecule has 0 N–H and O–H groups in total. The Labute approximate surface area is 150 Å². The van der Waals surface area contributed by atoms with Gasteiger partial charge in [-0.1, -0.05) is 38.1 Å². The number of aryl methyl sites for hydroxylation is 1. The molecular weight excluding hydrogens is 310 g/mol. The molecule has 134 valence electrons. The summed E-state index contributed by atoms with van der Waals surface area (Å²) in [5.41, 5.74) is 6.19. The predicted molar refractivity (Wildman–Crippen MR) is 100 cm³/mol. The summed E-state index contributed by atoms with van der Waals surface area (Å²) in [5, 5.41) is 4.66. The molecule has 0 bridgehead atoms. The van der Waals surface area contributed by atoms with Gasteiger partial charge >= 0.3 is 0 Å². The van der Waals surface area contributed by atoms with Gasteiger partial charge < -0.3 is 4.90 Å². The van der Waals surface area contributed by atoms with E-state index < -0.39 is 0 Å². The van der Waals surface area contributed by atoms with Gasteiger partial charge in [0.2, 0.25) is 5.91 Å². The molecule has 2 heterocycles. The maximum atomic E-state index is 12.7. The van der Waals surface area contributed by atoms with Crippen LogP contribution in [0, 0.1) is 19.8 Å². The van der Waals surface area contributed by atoms with Gasteiger partial charge in [-0.05, 0) is 49.3 Å². The maximum Gasteiger partial charge on any atom is 0.223 e. The van der Waals surface area contributed by atoms with Crippen LogP contribution in [0.15, 0.2) is 24.3 Å². The summed E-state index contributed by atoms with van der Waals surface area (Å²) in [6.07, 6.45) is 2.32. The second-order valence-electron chi connectivity index (χ2n) is 7.56. The Hall–Kier alpha value is -2.10. The van der Waals surface area contributed by atoms with Crippen molar-refractivity contribution in [2.45, 2.75) is 60.0 Å². The second-order valence-corrected chi connectivity index (χ2v) is 7.56. The van der Waals surface area contributed by atoms with E-state index in [2.05, 4.69) is 61.7 Å². The zero-order chi connectivity index (χ0) is 18.0. The number of hydrogen-bond donors (Lipinski definition) is 0. The first-order chi connectivity index (χ1) is 12.0. The number of hydrogen-bond acceptors (Lipinski definition) is 2. The lowest BCUT2D eigenvalue weighted by Gasteiger charge is -2.29. The first kappa shape index (κ1) is 17.7. The molecule has 1 aromatic heterocycles. The quantitative estimate of drug-likeness (QED) is 0.833. The monoisotopic (exact) mass is 339 g/mol. The van der Waals surface area contributed by atoms with Crippen LogP contribution in [0.2, 0.25) is 0 Å². The topological polar surface area (TPSA) is 38.1 Å². The first-order valence-corrected chi connectivity index (χ1v) is 9.33. The molecule has 0 aliphatic carbocycles. The van der Waals surface area contributed by atoms with Crippen molar-refractivity contribution >= 4 is 5.91 Å². The molecule has 1 aliphatic rings. The molecule has 0 atom stereocenters. The molecule has 2 aromatic rings. The van der Waals surface area contributed by atoms with Gasteiger partial charge in [0.1, 0.15) is 0 Å². The van der Waals surface area contributed by atoms with E-state index in [9.17, 15) is 4.79 Å². The SMILES string of the molecule is Cc1nn(CC(C)C)c(C)c1CCC(=O)N1CCc2ccccc2C1. The standard InChI is InChI=1S/C21H29N3O/c1-15(2)13-24-17(4)20(16(3)22-24)9-10-21(25)23-12-11-18-7-5-6-8-19(18)14-23/h5-8,15H,9-14H2,1-4H3. The third-order valence-corrected chi connectivity index (χ3v) is 5.14. The molecule has 4 nitrogen and oxygen atoms in total. The minimum absolute atomic E-state index is 0.255. The normalized spacial score (nSPS) is 14.0. The average molecular weight is 339 g/mol. The Morgan fingerprint density at radius 2 is 1.92 bits per heavy atom. The summed E-state index contributed by atoms with van der Waals surface area (Å²) in [4.78, 5) is 14.7. The molecule has 0 unspecified atom stereocenters. The van der Waals surface area contributed by atoms with Crippen LogP contribution in [0.3, 0.4) is 0 Å². The molecule has 0 saturated heterocycles. The van der Waals surface area contributed by atoms with Crippen LogP contribution in [-0.4, -0.2) is 27.1 Å². The third kappa shape index (κ3) is 3.94. The van der Waals surface area contributed by atoms with Gasteiger partial charge in [0.15, 0.2) is 0 Å². The van der Waals surface area contributed by atoms with Gasteiger partial charge in [-0.25, -0.2) is 0 Å². The van der Waals surface area contributed by atoms with Crippen LogP contribution in [0.5, 0.6) is 0 Å².